The third kappa shape index (κ3) is 5.41. The van der Waals surface area contributed by atoms with Crippen LogP contribution >= 0.6 is 0 Å². The minimum Gasteiger partial charge on any atom is -0.493 e. The first-order chi connectivity index (χ1) is 13.4. The highest BCUT2D eigenvalue weighted by atomic mass is 16.5. The number of amides is 1. The van der Waals surface area contributed by atoms with Crippen LogP contribution in [0.25, 0.3) is 0 Å². The van der Waals surface area contributed by atoms with Gasteiger partial charge in [-0.1, -0.05) is 39.0 Å². The molecule has 0 aliphatic rings. The van der Waals surface area contributed by atoms with Gasteiger partial charge in [0.2, 0.25) is 0 Å². The highest BCUT2D eigenvalue weighted by Crippen LogP contribution is 2.31. The monoisotopic (exact) mass is 385 g/mol. The third-order valence-corrected chi connectivity index (χ3v) is 4.70. The molecule has 5 heteroatoms. The number of hydrogen-bond donors (Lipinski definition) is 1. The zero-order valence-electron chi connectivity index (χ0n) is 17.7. The molecule has 5 nitrogen and oxygen atoms in total. The number of nitrogens with one attached hydrogen (secondary N) is 1. The lowest BCUT2D eigenvalue weighted by Gasteiger charge is -2.20. The normalized spacial score (nSPS) is 11.8. The average Bonchev–Trinajstić information content (AvgIpc) is 2.69. The van der Waals surface area contributed by atoms with Gasteiger partial charge in [-0.15, -0.1) is 0 Å². The van der Waals surface area contributed by atoms with Gasteiger partial charge in [0.15, 0.2) is 18.1 Å². The molecule has 0 spiro atoms. The highest BCUT2D eigenvalue weighted by molar-refractivity contribution is 5.78. The Morgan fingerprint density at radius 1 is 1.00 bits per heavy atom. The van der Waals surface area contributed by atoms with E-state index in [1.54, 1.807) is 14.2 Å². The number of hydrogen-bond acceptors (Lipinski definition) is 4. The molecule has 0 aliphatic heterocycles. The SMILES string of the molecule is CCC(NC(=O)COc1cc(C)ccc1C(C)C)c1ccc(OC)c(OC)c1. The summed E-state index contributed by atoms with van der Waals surface area (Å²) in [5, 5.41) is 3.05. The fraction of sp³-hybridized carbons (Fsp3) is 0.435. The van der Waals surface area contributed by atoms with Crippen LogP contribution in [0.5, 0.6) is 17.2 Å². The number of methoxy groups -OCH3 is 2. The first-order valence-electron chi connectivity index (χ1n) is 9.64. The van der Waals surface area contributed by atoms with E-state index in [9.17, 15) is 4.79 Å². The lowest BCUT2D eigenvalue weighted by molar-refractivity contribution is -0.123. The van der Waals surface area contributed by atoms with E-state index < -0.39 is 0 Å². The van der Waals surface area contributed by atoms with Crippen LogP contribution in [0.3, 0.4) is 0 Å². The van der Waals surface area contributed by atoms with Crippen LogP contribution in [0.1, 0.15) is 55.8 Å². The number of benzene rings is 2. The summed E-state index contributed by atoms with van der Waals surface area (Å²) < 4.78 is 16.5. The minimum absolute atomic E-state index is 0.0209. The van der Waals surface area contributed by atoms with E-state index in [2.05, 4.69) is 31.3 Å². The van der Waals surface area contributed by atoms with Gasteiger partial charge >= 0.3 is 0 Å². The van der Waals surface area contributed by atoms with Crippen molar-refractivity contribution in [2.45, 2.75) is 46.1 Å². The third-order valence-electron chi connectivity index (χ3n) is 4.70. The Morgan fingerprint density at radius 2 is 1.71 bits per heavy atom. The summed E-state index contributed by atoms with van der Waals surface area (Å²) in [5.74, 6) is 2.25. The lowest BCUT2D eigenvalue weighted by atomic mass is 10.0. The standard InChI is InChI=1S/C23H31NO4/c1-7-19(17-9-11-20(26-5)22(13-17)27-6)24-23(25)14-28-21-12-16(4)8-10-18(21)15(2)3/h8-13,15,19H,7,14H2,1-6H3,(H,24,25). The van der Waals surface area contributed by atoms with Crippen molar-refractivity contribution in [2.24, 2.45) is 0 Å². The van der Waals surface area contributed by atoms with Crippen LogP contribution < -0.4 is 19.5 Å². The number of aryl methyl sites for hydroxylation is 1. The van der Waals surface area contributed by atoms with E-state index in [0.29, 0.717) is 17.4 Å². The van der Waals surface area contributed by atoms with Crippen LogP contribution in [-0.4, -0.2) is 26.7 Å². The quantitative estimate of drug-likeness (QED) is 0.675. The maximum Gasteiger partial charge on any atom is 0.258 e. The minimum atomic E-state index is -0.155. The summed E-state index contributed by atoms with van der Waals surface area (Å²) in [7, 11) is 3.20. The van der Waals surface area contributed by atoms with Gasteiger partial charge in [-0.05, 0) is 54.2 Å². The van der Waals surface area contributed by atoms with Crippen LogP contribution in [0.15, 0.2) is 36.4 Å². The molecule has 0 heterocycles. The van der Waals surface area contributed by atoms with Gasteiger partial charge in [0.25, 0.3) is 5.91 Å². The molecule has 0 bridgehead atoms. The van der Waals surface area contributed by atoms with Crippen LogP contribution in [0.4, 0.5) is 0 Å². The molecule has 0 saturated heterocycles. The molecule has 2 rings (SSSR count). The second-order valence-corrected chi connectivity index (χ2v) is 7.13. The van der Waals surface area contributed by atoms with Crippen molar-refractivity contribution in [2.75, 3.05) is 20.8 Å². The molecule has 28 heavy (non-hydrogen) atoms. The molecular weight excluding hydrogens is 354 g/mol. The van der Waals surface area contributed by atoms with Crippen molar-refractivity contribution in [3.63, 3.8) is 0 Å². The van der Waals surface area contributed by atoms with Gasteiger partial charge in [-0.3, -0.25) is 4.79 Å². The predicted octanol–water partition coefficient (Wildman–Crippen LogP) is 4.78. The molecule has 0 fully saturated rings. The number of ether oxygens (including phenoxy) is 3. The average molecular weight is 386 g/mol. The van der Waals surface area contributed by atoms with E-state index >= 15 is 0 Å². The first-order valence-corrected chi connectivity index (χ1v) is 9.64. The molecule has 1 amide bonds. The Labute approximate surface area is 168 Å². The summed E-state index contributed by atoms with van der Waals surface area (Å²) in [6.45, 7) is 8.25. The van der Waals surface area contributed by atoms with Crippen molar-refractivity contribution < 1.29 is 19.0 Å². The van der Waals surface area contributed by atoms with Crippen molar-refractivity contribution >= 4 is 5.91 Å². The zero-order chi connectivity index (χ0) is 20.7. The van der Waals surface area contributed by atoms with Crippen molar-refractivity contribution in [3.05, 3.63) is 53.1 Å². The molecule has 1 atom stereocenters. The Bertz CT molecular complexity index is 801. The summed E-state index contributed by atoms with van der Waals surface area (Å²) in [4.78, 5) is 12.5. The number of carbonyl (C=O) groups is 1. The fourth-order valence-electron chi connectivity index (χ4n) is 3.11. The summed E-state index contributed by atoms with van der Waals surface area (Å²) in [6.07, 6.45) is 0.753. The van der Waals surface area contributed by atoms with Crippen LogP contribution in [-0.2, 0) is 4.79 Å². The molecule has 0 aromatic heterocycles. The molecule has 0 saturated carbocycles. The summed E-state index contributed by atoms with van der Waals surface area (Å²) in [5.41, 5.74) is 3.17. The van der Waals surface area contributed by atoms with Crippen LogP contribution in [0, 0.1) is 6.92 Å². The fourth-order valence-corrected chi connectivity index (χ4v) is 3.11. The molecule has 2 aromatic carbocycles. The Balaban J connectivity index is 2.06. The number of carbonyl (C=O) groups excluding carboxylic acids is 1. The molecule has 152 valence electrons. The van der Waals surface area contributed by atoms with E-state index in [0.717, 1.165) is 28.9 Å². The summed E-state index contributed by atoms with van der Waals surface area (Å²) in [6, 6.07) is 11.7. The van der Waals surface area contributed by atoms with Crippen molar-refractivity contribution in [1.29, 1.82) is 0 Å². The Morgan fingerprint density at radius 3 is 2.32 bits per heavy atom. The topological polar surface area (TPSA) is 56.8 Å². The van der Waals surface area contributed by atoms with E-state index in [1.165, 1.54) is 0 Å². The van der Waals surface area contributed by atoms with Crippen molar-refractivity contribution in [3.8, 4) is 17.2 Å². The Kier molecular flexibility index (Phi) is 7.73. The van der Waals surface area contributed by atoms with Gasteiger partial charge < -0.3 is 19.5 Å². The van der Waals surface area contributed by atoms with Crippen LogP contribution in [0.2, 0.25) is 0 Å². The maximum absolute atomic E-state index is 12.5. The van der Waals surface area contributed by atoms with Crippen molar-refractivity contribution in [1.82, 2.24) is 5.32 Å². The lowest BCUT2D eigenvalue weighted by Crippen LogP contribution is -2.32. The molecular formula is C23H31NO4. The summed E-state index contributed by atoms with van der Waals surface area (Å²) >= 11 is 0. The van der Waals surface area contributed by atoms with Gasteiger partial charge in [0.05, 0.1) is 20.3 Å². The molecule has 2 aromatic rings. The van der Waals surface area contributed by atoms with E-state index in [4.69, 9.17) is 14.2 Å². The molecule has 1 N–H and O–H groups in total. The van der Waals surface area contributed by atoms with Gasteiger partial charge in [-0.25, -0.2) is 0 Å². The predicted molar refractivity (Wildman–Crippen MR) is 111 cm³/mol. The molecule has 1 unspecified atom stereocenters. The Hall–Kier alpha value is -2.69. The van der Waals surface area contributed by atoms with E-state index in [-0.39, 0.29) is 18.6 Å². The van der Waals surface area contributed by atoms with Gasteiger partial charge in [0, 0.05) is 0 Å². The second-order valence-electron chi connectivity index (χ2n) is 7.13. The number of rotatable bonds is 9. The second kappa shape index (κ2) is 10.0. The first kappa shape index (κ1) is 21.6. The maximum atomic E-state index is 12.5. The molecule has 0 radical (unpaired) electrons. The zero-order valence-corrected chi connectivity index (χ0v) is 17.7. The molecule has 0 aliphatic carbocycles. The smallest absolute Gasteiger partial charge is 0.258 e. The van der Waals surface area contributed by atoms with Gasteiger partial charge in [-0.2, -0.15) is 0 Å². The van der Waals surface area contributed by atoms with E-state index in [1.807, 2.05) is 38.1 Å². The largest absolute Gasteiger partial charge is 0.493 e. The highest BCUT2D eigenvalue weighted by Gasteiger charge is 2.16. The van der Waals surface area contributed by atoms with Gasteiger partial charge in [0.1, 0.15) is 5.75 Å².